The Bertz CT molecular complexity index is 746. The number of hydrogen-bond donors (Lipinski definition) is 1. The van der Waals surface area contributed by atoms with Crippen molar-refractivity contribution in [1.29, 1.82) is 0 Å². The molecule has 0 unspecified atom stereocenters. The van der Waals surface area contributed by atoms with Crippen molar-refractivity contribution >= 4 is 11.8 Å². The van der Waals surface area contributed by atoms with Gasteiger partial charge in [0.1, 0.15) is 11.5 Å². The van der Waals surface area contributed by atoms with Gasteiger partial charge in [-0.2, -0.15) is 0 Å². The normalized spacial score (nSPS) is 11.0. The Morgan fingerprint density at radius 2 is 1.42 bits per heavy atom. The van der Waals surface area contributed by atoms with Crippen LogP contribution in [0.15, 0.2) is 48.5 Å². The van der Waals surface area contributed by atoms with Crippen molar-refractivity contribution in [3.05, 3.63) is 59.7 Å². The number of methoxy groups -OCH3 is 3. The summed E-state index contributed by atoms with van der Waals surface area (Å²) in [6, 6.07) is 12.9. The molecular formula is C19H20O7. The topological polar surface area (TPSA) is 91.3 Å². The van der Waals surface area contributed by atoms with Gasteiger partial charge in [0, 0.05) is 25.3 Å². The lowest BCUT2D eigenvalue weighted by atomic mass is 9.95. The van der Waals surface area contributed by atoms with Crippen LogP contribution < -0.4 is 9.47 Å². The zero-order valence-electron chi connectivity index (χ0n) is 14.7. The molecule has 0 fully saturated rings. The van der Waals surface area contributed by atoms with Gasteiger partial charge in [-0.15, -0.1) is 0 Å². The number of carbonyl (C=O) groups is 2. The average Bonchev–Trinajstić information content (AvgIpc) is 2.68. The molecule has 1 N–H and O–H groups in total. The van der Waals surface area contributed by atoms with Crippen molar-refractivity contribution in [3.8, 4) is 11.5 Å². The van der Waals surface area contributed by atoms with E-state index in [-0.39, 0.29) is 5.78 Å². The Morgan fingerprint density at radius 1 is 0.885 bits per heavy atom. The summed E-state index contributed by atoms with van der Waals surface area (Å²) in [4.78, 5) is 23.6. The maximum Gasteiger partial charge on any atom is 0.341 e. The molecule has 0 aromatic heterocycles. The fourth-order valence-electron chi connectivity index (χ4n) is 2.48. The van der Waals surface area contributed by atoms with E-state index in [4.69, 9.17) is 24.1 Å². The molecule has 0 saturated carbocycles. The van der Waals surface area contributed by atoms with Crippen LogP contribution in [0.25, 0.3) is 0 Å². The maximum atomic E-state index is 13.0. The van der Waals surface area contributed by atoms with Crippen LogP contribution in [0.1, 0.15) is 15.9 Å². The van der Waals surface area contributed by atoms with Crippen molar-refractivity contribution in [2.75, 3.05) is 27.9 Å². The number of hydrogen-bond acceptors (Lipinski definition) is 6. The highest BCUT2D eigenvalue weighted by atomic mass is 16.7. The molecule has 0 aliphatic heterocycles. The number of Topliss-reactive ketones (excluding diaryl/α,β-unsaturated/α-hetero) is 1. The summed E-state index contributed by atoms with van der Waals surface area (Å²) in [5.41, 5.74) is 0.840. The summed E-state index contributed by atoms with van der Waals surface area (Å²) in [6.45, 7) is -0.455. The number of aliphatic carboxylic acids is 1. The first-order chi connectivity index (χ1) is 12.5. The molecule has 2 aromatic carbocycles. The van der Waals surface area contributed by atoms with E-state index in [1.54, 1.807) is 55.6 Å². The average molecular weight is 360 g/mol. The number of ether oxygens (including phenoxy) is 4. The lowest BCUT2D eigenvalue weighted by molar-refractivity contribution is -0.176. The van der Waals surface area contributed by atoms with E-state index in [1.807, 2.05) is 0 Å². The molecule has 2 rings (SSSR count). The molecule has 0 amide bonds. The highest BCUT2D eigenvalue weighted by molar-refractivity contribution is 6.02. The van der Waals surface area contributed by atoms with Crippen LogP contribution in [0.2, 0.25) is 0 Å². The number of rotatable bonds is 9. The van der Waals surface area contributed by atoms with Crippen LogP contribution in [0.3, 0.4) is 0 Å². The van der Waals surface area contributed by atoms with E-state index in [0.717, 1.165) is 0 Å². The quantitative estimate of drug-likeness (QED) is 0.542. The Hall–Kier alpha value is -2.90. The summed E-state index contributed by atoms with van der Waals surface area (Å²) in [6.07, 6.45) is 0. The Morgan fingerprint density at radius 3 is 1.88 bits per heavy atom. The van der Waals surface area contributed by atoms with Gasteiger partial charge < -0.3 is 24.1 Å². The van der Waals surface area contributed by atoms with E-state index < -0.39 is 18.4 Å². The summed E-state index contributed by atoms with van der Waals surface area (Å²) in [7, 11) is 4.29. The predicted octanol–water partition coefficient (Wildman–Crippen LogP) is 2.49. The van der Waals surface area contributed by atoms with Gasteiger partial charge in [-0.3, -0.25) is 4.79 Å². The number of carbonyl (C=O) groups excluding carboxylic acids is 1. The molecule has 0 aliphatic rings. The molecule has 0 bridgehead atoms. The van der Waals surface area contributed by atoms with Crippen LogP contribution in [0.5, 0.6) is 11.5 Å². The number of carboxylic acids is 1. The minimum atomic E-state index is -1.64. The minimum Gasteiger partial charge on any atom is -0.497 e. The number of carboxylic acid groups (broad SMARTS) is 1. The van der Waals surface area contributed by atoms with Crippen LogP contribution in [0, 0.1) is 0 Å². The monoisotopic (exact) mass is 360 g/mol. The number of ketones is 1. The minimum absolute atomic E-state index is 0.356. The Labute approximate surface area is 151 Å². The van der Waals surface area contributed by atoms with E-state index in [1.165, 1.54) is 14.2 Å². The molecule has 0 saturated heterocycles. The van der Waals surface area contributed by atoms with Gasteiger partial charge in [-0.1, -0.05) is 0 Å². The summed E-state index contributed by atoms with van der Waals surface area (Å²) < 4.78 is 21.1. The van der Waals surface area contributed by atoms with E-state index in [2.05, 4.69) is 0 Å². The summed E-state index contributed by atoms with van der Waals surface area (Å²) in [5, 5.41) is 8.65. The third-order valence-electron chi connectivity index (χ3n) is 3.82. The van der Waals surface area contributed by atoms with Crippen molar-refractivity contribution in [2.24, 2.45) is 0 Å². The van der Waals surface area contributed by atoms with Crippen molar-refractivity contribution in [3.63, 3.8) is 0 Å². The zero-order valence-corrected chi connectivity index (χ0v) is 14.7. The van der Waals surface area contributed by atoms with Crippen LogP contribution in [-0.2, 0) is 20.1 Å². The first-order valence-electron chi connectivity index (χ1n) is 7.71. The lowest BCUT2D eigenvalue weighted by Crippen LogP contribution is -2.40. The number of benzene rings is 2. The summed E-state index contributed by atoms with van der Waals surface area (Å²) in [5.74, 6) is -2.12. The molecule has 0 aliphatic carbocycles. The van der Waals surface area contributed by atoms with Gasteiger partial charge >= 0.3 is 5.97 Å². The molecule has 0 radical (unpaired) electrons. The largest absolute Gasteiger partial charge is 0.497 e. The van der Waals surface area contributed by atoms with Crippen LogP contribution >= 0.6 is 0 Å². The fourth-order valence-corrected chi connectivity index (χ4v) is 2.48. The molecular weight excluding hydrogens is 340 g/mol. The van der Waals surface area contributed by atoms with Gasteiger partial charge in [0.25, 0.3) is 5.79 Å². The van der Waals surface area contributed by atoms with Gasteiger partial charge in [0.05, 0.1) is 7.11 Å². The predicted molar refractivity (Wildman–Crippen MR) is 92.6 cm³/mol. The standard InChI is InChI=1S/C19H20O7/c1-23-15-8-4-13(5-9-15)18(22)19(24-2,25-3)14-6-10-16(11-7-14)26-12-17(20)21/h4-11H,12H2,1-3H3,(H,20,21). The highest BCUT2D eigenvalue weighted by Gasteiger charge is 2.41. The van der Waals surface area contributed by atoms with Gasteiger partial charge in [0.15, 0.2) is 6.61 Å². The van der Waals surface area contributed by atoms with E-state index in [0.29, 0.717) is 22.6 Å². The molecule has 7 heteroatoms. The lowest BCUT2D eigenvalue weighted by Gasteiger charge is -2.29. The smallest absolute Gasteiger partial charge is 0.341 e. The zero-order chi connectivity index (χ0) is 19.2. The third kappa shape index (κ3) is 4.01. The van der Waals surface area contributed by atoms with Gasteiger partial charge in [-0.25, -0.2) is 4.79 Å². The first kappa shape index (κ1) is 19.4. The van der Waals surface area contributed by atoms with Crippen LogP contribution in [-0.4, -0.2) is 44.8 Å². The SMILES string of the molecule is COc1ccc(C(=O)C(OC)(OC)c2ccc(OCC(=O)O)cc2)cc1. The molecule has 0 heterocycles. The van der Waals surface area contributed by atoms with E-state index >= 15 is 0 Å². The van der Waals surface area contributed by atoms with Crippen molar-refractivity contribution < 1.29 is 33.6 Å². The molecule has 0 atom stereocenters. The molecule has 2 aromatic rings. The second kappa shape index (κ2) is 8.46. The summed E-state index contributed by atoms with van der Waals surface area (Å²) >= 11 is 0. The second-order valence-corrected chi connectivity index (χ2v) is 5.29. The molecule has 138 valence electrons. The maximum absolute atomic E-state index is 13.0. The van der Waals surface area contributed by atoms with E-state index in [9.17, 15) is 9.59 Å². The first-order valence-corrected chi connectivity index (χ1v) is 7.71. The Kier molecular flexibility index (Phi) is 6.32. The van der Waals surface area contributed by atoms with Crippen molar-refractivity contribution in [1.82, 2.24) is 0 Å². The third-order valence-corrected chi connectivity index (χ3v) is 3.82. The Balaban J connectivity index is 2.32. The van der Waals surface area contributed by atoms with Crippen molar-refractivity contribution in [2.45, 2.75) is 5.79 Å². The second-order valence-electron chi connectivity index (χ2n) is 5.29. The molecule has 26 heavy (non-hydrogen) atoms. The highest BCUT2D eigenvalue weighted by Crippen LogP contribution is 2.32. The molecule has 0 spiro atoms. The van der Waals surface area contributed by atoms with Gasteiger partial charge in [0.2, 0.25) is 5.78 Å². The van der Waals surface area contributed by atoms with Crippen LogP contribution in [0.4, 0.5) is 0 Å². The fraction of sp³-hybridized carbons (Fsp3) is 0.263. The van der Waals surface area contributed by atoms with Gasteiger partial charge in [-0.05, 0) is 48.5 Å². The molecule has 7 nitrogen and oxygen atoms in total.